The number of amides is 1. The lowest BCUT2D eigenvalue weighted by Crippen LogP contribution is -2.35. The van der Waals surface area contributed by atoms with Crippen LogP contribution in [0.2, 0.25) is 0 Å². The lowest BCUT2D eigenvalue weighted by Gasteiger charge is -2.15. The van der Waals surface area contributed by atoms with Crippen molar-refractivity contribution in [3.8, 4) is 0 Å². The van der Waals surface area contributed by atoms with E-state index in [0.29, 0.717) is 0 Å². The van der Waals surface area contributed by atoms with Crippen LogP contribution in [0.3, 0.4) is 0 Å². The second kappa shape index (κ2) is 5.30. The van der Waals surface area contributed by atoms with Gasteiger partial charge in [-0.15, -0.1) is 0 Å². The molecule has 0 aliphatic heterocycles. The molecule has 86 valence electrons. The second-order valence-electron chi connectivity index (χ2n) is 3.70. The number of carboxylic acid groups (broad SMARTS) is 1. The van der Waals surface area contributed by atoms with Crippen LogP contribution in [0.15, 0.2) is 30.3 Å². The van der Waals surface area contributed by atoms with Gasteiger partial charge in [0.05, 0.1) is 6.04 Å². The molecule has 0 saturated carbocycles. The number of carbonyl (C=O) groups excluding carboxylic acids is 1. The van der Waals surface area contributed by atoms with Crippen molar-refractivity contribution in [3.63, 3.8) is 0 Å². The van der Waals surface area contributed by atoms with Gasteiger partial charge >= 0.3 is 5.97 Å². The number of carbonyl (C=O) groups is 2. The SMILES string of the molecule is C[C@H](C(=O)O)C(=O)N[C@H](C)c1ccccc1. The standard InChI is InChI=1S/C12H15NO3/c1-8(12(15)16)11(14)13-9(2)10-6-4-3-5-7-10/h3-9H,1-2H3,(H,13,14)(H,15,16)/t8-,9+/m0/s1. The van der Waals surface area contributed by atoms with Crippen molar-refractivity contribution in [3.05, 3.63) is 35.9 Å². The summed E-state index contributed by atoms with van der Waals surface area (Å²) in [7, 11) is 0. The summed E-state index contributed by atoms with van der Waals surface area (Å²) in [4.78, 5) is 22.1. The normalized spacial score (nSPS) is 13.9. The first-order valence-electron chi connectivity index (χ1n) is 5.10. The molecule has 1 rings (SSSR count). The average Bonchev–Trinajstić information content (AvgIpc) is 2.28. The van der Waals surface area contributed by atoms with Gasteiger partial charge in [-0.05, 0) is 19.4 Å². The number of benzene rings is 1. The summed E-state index contributed by atoms with van der Waals surface area (Å²) < 4.78 is 0. The van der Waals surface area contributed by atoms with Gasteiger partial charge in [-0.25, -0.2) is 0 Å². The van der Waals surface area contributed by atoms with Gasteiger partial charge in [0.15, 0.2) is 0 Å². The van der Waals surface area contributed by atoms with Gasteiger partial charge < -0.3 is 10.4 Å². The van der Waals surface area contributed by atoms with Crippen molar-refractivity contribution in [2.75, 3.05) is 0 Å². The molecule has 1 aromatic carbocycles. The van der Waals surface area contributed by atoms with E-state index in [-0.39, 0.29) is 6.04 Å². The summed E-state index contributed by atoms with van der Waals surface area (Å²) in [6, 6.07) is 9.22. The number of nitrogens with one attached hydrogen (secondary N) is 1. The van der Waals surface area contributed by atoms with Gasteiger partial charge in [0.1, 0.15) is 5.92 Å². The van der Waals surface area contributed by atoms with E-state index < -0.39 is 17.8 Å². The highest BCUT2D eigenvalue weighted by atomic mass is 16.4. The molecule has 4 nitrogen and oxygen atoms in total. The van der Waals surface area contributed by atoms with Crippen molar-refractivity contribution < 1.29 is 14.7 Å². The summed E-state index contributed by atoms with van der Waals surface area (Å²) in [6.07, 6.45) is 0. The number of aliphatic carboxylic acids is 1. The molecule has 1 amide bonds. The van der Waals surface area contributed by atoms with Crippen LogP contribution >= 0.6 is 0 Å². The van der Waals surface area contributed by atoms with Crippen LogP contribution < -0.4 is 5.32 Å². The second-order valence-corrected chi connectivity index (χ2v) is 3.70. The van der Waals surface area contributed by atoms with Crippen LogP contribution in [-0.4, -0.2) is 17.0 Å². The number of rotatable bonds is 4. The number of carboxylic acids is 1. The van der Waals surface area contributed by atoms with Crippen LogP contribution in [0.5, 0.6) is 0 Å². The van der Waals surface area contributed by atoms with Crippen molar-refractivity contribution in [1.29, 1.82) is 0 Å². The Balaban J connectivity index is 2.62. The largest absolute Gasteiger partial charge is 0.481 e. The van der Waals surface area contributed by atoms with Crippen molar-refractivity contribution in [2.24, 2.45) is 5.92 Å². The fourth-order valence-electron chi connectivity index (χ4n) is 1.28. The molecule has 0 heterocycles. The topological polar surface area (TPSA) is 66.4 Å². The lowest BCUT2D eigenvalue weighted by atomic mass is 10.1. The Morgan fingerprint density at radius 2 is 1.75 bits per heavy atom. The Kier molecular flexibility index (Phi) is 4.05. The van der Waals surface area contributed by atoms with E-state index in [1.54, 1.807) is 0 Å². The minimum Gasteiger partial charge on any atom is -0.481 e. The third-order valence-corrected chi connectivity index (χ3v) is 2.42. The molecule has 4 heteroatoms. The minimum atomic E-state index is -1.11. The molecule has 16 heavy (non-hydrogen) atoms. The molecule has 0 fully saturated rings. The highest BCUT2D eigenvalue weighted by Crippen LogP contribution is 2.11. The van der Waals surface area contributed by atoms with Gasteiger partial charge in [-0.1, -0.05) is 30.3 Å². The fraction of sp³-hybridized carbons (Fsp3) is 0.333. The smallest absolute Gasteiger partial charge is 0.315 e. The monoisotopic (exact) mass is 221 g/mol. The maximum atomic E-state index is 11.5. The predicted molar refractivity (Wildman–Crippen MR) is 59.8 cm³/mol. The van der Waals surface area contributed by atoms with Crippen LogP contribution in [0.4, 0.5) is 0 Å². The maximum Gasteiger partial charge on any atom is 0.315 e. The Labute approximate surface area is 94.3 Å². The maximum absolute atomic E-state index is 11.5. The van der Waals surface area contributed by atoms with Crippen molar-refractivity contribution >= 4 is 11.9 Å². The summed E-state index contributed by atoms with van der Waals surface area (Å²) in [5, 5.41) is 11.3. The van der Waals surface area contributed by atoms with E-state index in [0.717, 1.165) is 5.56 Å². The fourth-order valence-corrected chi connectivity index (χ4v) is 1.28. The molecular formula is C12H15NO3. The van der Waals surface area contributed by atoms with Crippen LogP contribution in [0.25, 0.3) is 0 Å². The van der Waals surface area contributed by atoms with Crippen LogP contribution in [-0.2, 0) is 9.59 Å². The summed E-state index contributed by atoms with van der Waals surface area (Å²) in [5.74, 6) is -2.60. The van der Waals surface area contributed by atoms with E-state index in [4.69, 9.17) is 5.11 Å². The van der Waals surface area contributed by atoms with E-state index in [2.05, 4.69) is 5.32 Å². The van der Waals surface area contributed by atoms with Gasteiger partial charge in [0, 0.05) is 0 Å². The molecule has 0 aliphatic carbocycles. The van der Waals surface area contributed by atoms with Crippen LogP contribution in [0, 0.1) is 5.92 Å². The van der Waals surface area contributed by atoms with E-state index >= 15 is 0 Å². The molecule has 0 saturated heterocycles. The zero-order chi connectivity index (χ0) is 12.1. The van der Waals surface area contributed by atoms with Crippen LogP contribution in [0.1, 0.15) is 25.5 Å². The molecule has 0 aromatic heterocycles. The zero-order valence-corrected chi connectivity index (χ0v) is 9.31. The van der Waals surface area contributed by atoms with Gasteiger partial charge in [-0.3, -0.25) is 9.59 Å². The number of hydrogen-bond acceptors (Lipinski definition) is 2. The molecule has 1 aromatic rings. The Morgan fingerprint density at radius 3 is 2.25 bits per heavy atom. The van der Waals surface area contributed by atoms with Gasteiger partial charge in [0.2, 0.25) is 5.91 Å². The quantitative estimate of drug-likeness (QED) is 0.759. The van der Waals surface area contributed by atoms with E-state index in [1.807, 2.05) is 37.3 Å². The highest BCUT2D eigenvalue weighted by molar-refractivity contribution is 5.96. The Bertz CT molecular complexity index is 375. The summed E-state index contributed by atoms with van der Waals surface area (Å²) >= 11 is 0. The Morgan fingerprint density at radius 1 is 1.19 bits per heavy atom. The van der Waals surface area contributed by atoms with E-state index in [9.17, 15) is 9.59 Å². The van der Waals surface area contributed by atoms with E-state index in [1.165, 1.54) is 6.92 Å². The van der Waals surface area contributed by atoms with Crippen molar-refractivity contribution in [2.45, 2.75) is 19.9 Å². The number of hydrogen-bond donors (Lipinski definition) is 2. The summed E-state index contributed by atoms with van der Waals surface area (Å²) in [6.45, 7) is 3.19. The third-order valence-electron chi connectivity index (χ3n) is 2.42. The third kappa shape index (κ3) is 3.08. The Hall–Kier alpha value is -1.84. The zero-order valence-electron chi connectivity index (χ0n) is 9.31. The first-order chi connectivity index (χ1) is 7.52. The summed E-state index contributed by atoms with van der Waals surface area (Å²) in [5.41, 5.74) is 0.952. The predicted octanol–water partition coefficient (Wildman–Crippen LogP) is 1.58. The first kappa shape index (κ1) is 12.2. The molecule has 0 bridgehead atoms. The molecule has 0 aliphatic rings. The lowest BCUT2D eigenvalue weighted by molar-refractivity contribution is -0.146. The average molecular weight is 221 g/mol. The molecule has 2 atom stereocenters. The van der Waals surface area contributed by atoms with Gasteiger partial charge in [0.25, 0.3) is 0 Å². The molecular weight excluding hydrogens is 206 g/mol. The van der Waals surface area contributed by atoms with Gasteiger partial charge in [-0.2, -0.15) is 0 Å². The molecule has 0 radical (unpaired) electrons. The highest BCUT2D eigenvalue weighted by Gasteiger charge is 2.21. The van der Waals surface area contributed by atoms with Crippen molar-refractivity contribution in [1.82, 2.24) is 5.32 Å². The molecule has 2 N–H and O–H groups in total. The molecule has 0 unspecified atom stereocenters. The molecule has 0 spiro atoms. The first-order valence-corrected chi connectivity index (χ1v) is 5.10. The minimum absolute atomic E-state index is 0.185.